The lowest BCUT2D eigenvalue weighted by molar-refractivity contribution is 0.0926. The standard InChI is InChI=1S/C19H22ClNO3/c1-12-5-7-16(9-13(12)2)24-11-14(3)21-19(22)15-6-8-18(23-4)17(20)10-15/h5-10,14H,11H2,1-4H3,(H,21,22)/t14-/m0/s1. The predicted octanol–water partition coefficient (Wildman–Crippen LogP) is 4.16. The molecule has 0 radical (unpaired) electrons. The Bertz CT molecular complexity index is 731. The normalized spacial score (nSPS) is 11.7. The van der Waals surface area contributed by atoms with Crippen molar-refractivity contribution in [3.05, 3.63) is 58.1 Å². The summed E-state index contributed by atoms with van der Waals surface area (Å²) < 4.78 is 10.8. The molecular formula is C19H22ClNO3. The molecular weight excluding hydrogens is 326 g/mol. The van der Waals surface area contributed by atoms with Crippen molar-refractivity contribution in [3.8, 4) is 11.5 Å². The molecule has 2 rings (SSSR count). The third-order valence-corrected chi connectivity index (χ3v) is 4.07. The van der Waals surface area contributed by atoms with Crippen LogP contribution in [0, 0.1) is 13.8 Å². The Morgan fingerprint density at radius 1 is 1.17 bits per heavy atom. The maximum atomic E-state index is 12.3. The van der Waals surface area contributed by atoms with Gasteiger partial charge in [0.15, 0.2) is 0 Å². The molecule has 0 spiro atoms. The van der Waals surface area contributed by atoms with E-state index in [0.717, 1.165) is 5.75 Å². The molecule has 128 valence electrons. The molecule has 0 saturated carbocycles. The number of hydrogen-bond acceptors (Lipinski definition) is 3. The molecule has 0 aromatic heterocycles. The van der Waals surface area contributed by atoms with E-state index in [0.29, 0.717) is 22.9 Å². The van der Waals surface area contributed by atoms with Crippen molar-refractivity contribution in [2.75, 3.05) is 13.7 Å². The second-order valence-corrected chi connectivity index (χ2v) is 6.19. The Morgan fingerprint density at radius 2 is 1.92 bits per heavy atom. The van der Waals surface area contributed by atoms with Gasteiger partial charge in [0, 0.05) is 5.56 Å². The Kier molecular flexibility index (Phi) is 6.10. The summed E-state index contributed by atoms with van der Waals surface area (Å²) in [5, 5.41) is 3.30. The molecule has 1 N–H and O–H groups in total. The maximum Gasteiger partial charge on any atom is 0.251 e. The fourth-order valence-electron chi connectivity index (χ4n) is 2.18. The Hall–Kier alpha value is -2.20. The van der Waals surface area contributed by atoms with Gasteiger partial charge in [0.1, 0.15) is 18.1 Å². The average molecular weight is 348 g/mol. The van der Waals surface area contributed by atoms with Crippen LogP contribution in [0.4, 0.5) is 0 Å². The van der Waals surface area contributed by atoms with Crippen LogP contribution in [-0.2, 0) is 0 Å². The zero-order chi connectivity index (χ0) is 17.7. The van der Waals surface area contributed by atoms with Gasteiger partial charge in [-0.3, -0.25) is 4.79 Å². The number of ether oxygens (including phenoxy) is 2. The van der Waals surface area contributed by atoms with E-state index in [1.165, 1.54) is 18.2 Å². The predicted molar refractivity (Wildman–Crippen MR) is 96.3 cm³/mol. The molecule has 24 heavy (non-hydrogen) atoms. The number of benzene rings is 2. The lowest BCUT2D eigenvalue weighted by Gasteiger charge is -2.16. The second-order valence-electron chi connectivity index (χ2n) is 5.78. The van der Waals surface area contributed by atoms with Crippen LogP contribution in [0.15, 0.2) is 36.4 Å². The van der Waals surface area contributed by atoms with Crippen molar-refractivity contribution >= 4 is 17.5 Å². The first-order valence-electron chi connectivity index (χ1n) is 7.75. The Labute approximate surface area is 147 Å². The summed E-state index contributed by atoms with van der Waals surface area (Å²) in [5.41, 5.74) is 2.89. The topological polar surface area (TPSA) is 47.6 Å². The van der Waals surface area contributed by atoms with Crippen molar-refractivity contribution in [2.24, 2.45) is 0 Å². The fraction of sp³-hybridized carbons (Fsp3) is 0.316. The number of nitrogens with one attached hydrogen (secondary N) is 1. The van der Waals surface area contributed by atoms with Gasteiger partial charge < -0.3 is 14.8 Å². The third kappa shape index (κ3) is 4.65. The Morgan fingerprint density at radius 3 is 2.54 bits per heavy atom. The van der Waals surface area contributed by atoms with E-state index >= 15 is 0 Å². The minimum absolute atomic E-state index is 0.139. The summed E-state index contributed by atoms with van der Waals surface area (Å²) in [6.45, 7) is 6.38. The quantitative estimate of drug-likeness (QED) is 0.853. The van der Waals surface area contributed by atoms with Crippen LogP contribution in [0.25, 0.3) is 0 Å². The molecule has 0 aliphatic heterocycles. The van der Waals surface area contributed by atoms with Gasteiger partial charge in [-0.15, -0.1) is 0 Å². The number of methoxy groups -OCH3 is 1. The van der Waals surface area contributed by atoms with Gasteiger partial charge in [-0.1, -0.05) is 17.7 Å². The van der Waals surface area contributed by atoms with Gasteiger partial charge in [-0.2, -0.15) is 0 Å². The van der Waals surface area contributed by atoms with Gasteiger partial charge in [-0.05, 0) is 62.2 Å². The maximum absolute atomic E-state index is 12.3. The summed E-state index contributed by atoms with van der Waals surface area (Å²) >= 11 is 6.05. The highest BCUT2D eigenvalue weighted by molar-refractivity contribution is 6.32. The highest BCUT2D eigenvalue weighted by atomic mass is 35.5. The van der Waals surface area contributed by atoms with Crippen molar-refractivity contribution in [3.63, 3.8) is 0 Å². The number of aryl methyl sites for hydroxylation is 2. The fourth-order valence-corrected chi connectivity index (χ4v) is 2.44. The molecule has 1 amide bonds. The molecule has 0 heterocycles. The molecule has 0 bridgehead atoms. The first-order valence-corrected chi connectivity index (χ1v) is 8.13. The second kappa shape index (κ2) is 8.06. The average Bonchev–Trinajstić information content (AvgIpc) is 2.55. The van der Waals surface area contributed by atoms with Crippen LogP contribution in [0.3, 0.4) is 0 Å². The van der Waals surface area contributed by atoms with Crippen molar-refractivity contribution < 1.29 is 14.3 Å². The Balaban J connectivity index is 1.91. The summed E-state index contributed by atoms with van der Waals surface area (Å²) in [5.74, 6) is 1.14. The van der Waals surface area contributed by atoms with Crippen LogP contribution in [0.1, 0.15) is 28.4 Å². The molecule has 0 unspecified atom stereocenters. The van der Waals surface area contributed by atoms with Gasteiger partial charge in [0.05, 0.1) is 18.2 Å². The molecule has 2 aromatic carbocycles. The summed E-state index contributed by atoms with van der Waals surface area (Å²) in [7, 11) is 1.53. The highest BCUT2D eigenvalue weighted by Crippen LogP contribution is 2.24. The third-order valence-electron chi connectivity index (χ3n) is 3.77. The van der Waals surface area contributed by atoms with E-state index in [2.05, 4.69) is 12.2 Å². The van der Waals surface area contributed by atoms with Crippen LogP contribution >= 0.6 is 11.6 Å². The van der Waals surface area contributed by atoms with E-state index in [9.17, 15) is 4.79 Å². The van der Waals surface area contributed by atoms with Crippen molar-refractivity contribution in [1.82, 2.24) is 5.32 Å². The van der Waals surface area contributed by atoms with Crippen LogP contribution < -0.4 is 14.8 Å². The first kappa shape index (κ1) is 18.1. The number of halogens is 1. The van der Waals surface area contributed by atoms with Crippen LogP contribution in [0.5, 0.6) is 11.5 Å². The zero-order valence-electron chi connectivity index (χ0n) is 14.4. The lowest BCUT2D eigenvalue weighted by atomic mass is 10.1. The smallest absolute Gasteiger partial charge is 0.251 e. The summed E-state index contributed by atoms with van der Waals surface area (Å²) in [6.07, 6.45) is 0. The minimum atomic E-state index is -0.198. The van der Waals surface area contributed by atoms with E-state index in [1.807, 2.05) is 32.0 Å². The number of hydrogen-bond donors (Lipinski definition) is 1. The molecule has 0 aliphatic rings. The molecule has 1 atom stereocenters. The zero-order valence-corrected chi connectivity index (χ0v) is 15.1. The monoisotopic (exact) mass is 347 g/mol. The number of amides is 1. The van der Waals surface area contributed by atoms with Crippen molar-refractivity contribution in [2.45, 2.75) is 26.8 Å². The number of rotatable bonds is 6. The number of carbonyl (C=O) groups excluding carboxylic acids is 1. The SMILES string of the molecule is COc1ccc(C(=O)N[C@@H](C)COc2ccc(C)c(C)c2)cc1Cl. The van der Waals surface area contributed by atoms with Crippen molar-refractivity contribution in [1.29, 1.82) is 0 Å². The van der Waals surface area contributed by atoms with Gasteiger partial charge in [0.2, 0.25) is 0 Å². The lowest BCUT2D eigenvalue weighted by Crippen LogP contribution is -2.36. The van der Waals surface area contributed by atoms with E-state index in [-0.39, 0.29) is 11.9 Å². The molecule has 0 aliphatic carbocycles. The molecule has 0 saturated heterocycles. The van der Waals surface area contributed by atoms with Crippen LogP contribution in [-0.4, -0.2) is 25.7 Å². The first-order chi connectivity index (χ1) is 11.4. The van der Waals surface area contributed by atoms with Gasteiger partial charge >= 0.3 is 0 Å². The molecule has 5 heteroatoms. The van der Waals surface area contributed by atoms with Gasteiger partial charge in [0.25, 0.3) is 5.91 Å². The largest absolute Gasteiger partial charge is 0.495 e. The highest BCUT2D eigenvalue weighted by Gasteiger charge is 2.12. The van der Waals surface area contributed by atoms with E-state index < -0.39 is 0 Å². The molecule has 0 fully saturated rings. The van der Waals surface area contributed by atoms with Gasteiger partial charge in [-0.25, -0.2) is 0 Å². The molecule has 4 nitrogen and oxygen atoms in total. The van der Waals surface area contributed by atoms with Crippen LogP contribution in [0.2, 0.25) is 5.02 Å². The molecule has 2 aromatic rings. The summed E-state index contributed by atoms with van der Waals surface area (Å²) in [6, 6.07) is 10.7. The summed E-state index contributed by atoms with van der Waals surface area (Å²) in [4.78, 5) is 12.3. The van der Waals surface area contributed by atoms with E-state index in [1.54, 1.807) is 18.2 Å². The van der Waals surface area contributed by atoms with E-state index in [4.69, 9.17) is 21.1 Å². The number of carbonyl (C=O) groups is 1. The minimum Gasteiger partial charge on any atom is -0.495 e.